The van der Waals surface area contributed by atoms with Gasteiger partial charge in [-0.3, -0.25) is 9.59 Å². The summed E-state index contributed by atoms with van der Waals surface area (Å²) >= 11 is 1.40. The second-order valence-electron chi connectivity index (χ2n) is 20.1. The van der Waals surface area contributed by atoms with Gasteiger partial charge in [0.05, 0.1) is 51.0 Å². The molecule has 17 heteroatoms. The minimum Gasteiger partial charge on any atom is -0.494 e. The molecule has 2 aromatic heterocycles. The van der Waals surface area contributed by atoms with E-state index in [9.17, 15) is 19.2 Å². The second kappa shape index (κ2) is 31.3. The monoisotopic (exact) mass is 1120 g/mol. The molecular weight excluding hydrogens is 1040 g/mol. The number of aromatic nitrogens is 1. The molecule has 6 aromatic rings. The maximum atomic E-state index is 13.9. The van der Waals surface area contributed by atoms with Crippen molar-refractivity contribution in [2.45, 2.75) is 123 Å². The molecule has 0 aliphatic heterocycles. The van der Waals surface area contributed by atoms with E-state index < -0.39 is 11.9 Å². The van der Waals surface area contributed by atoms with E-state index in [1.54, 1.807) is 30.3 Å². The van der Waals surface area contributed by atoms with Crippen molar-refractivity contribution in [2.75, 3.05) is 33.0 Å². The third kappa shape index (κ3) is 18.0. The van der Waals surface area contributed by atoms with Crippen LogP contribution in [0.3, 0.4) is 0 Å². The van der Waals surface area contributed by atoms with E-state index >= 15 is 0 Å². The average Bonchev–Trinajstić information content (AvgIpc) is 4.16. The Bertz CT molecular complexity index is 2970. The number of benzene rings is 4. The standard InChI is InChI=1S/C62H71NO14S.CH2O/c1-5-56(64)70-35-13-9-7-11-33-68-46-23-27-49(28-24-46)74-61(66)45-19-21-48(22-20-45)73-52-31-32-53(59-58(52)63-60(78-59)55-39-51-42(4)37-41(3)38-54(51)75-55)76-62(67)44-17-15-43(16-18-44)40-72-77-50-29-25-47(26-30-50)69-34-12-8-10-14-36-71-57(65)6-2;1-2/h5-6,23-32,37-39,43-45,48H,1-2,7-22,33-36,40H2,3-4H3;1H2. The second-order valence-corrected chi connectivity index (χ2v) is 21.1. The molecule has 2 heterocycles. The van der Waals surface area contributed by atoms with Gasteiger partial charge in [-0.15, -0.1) is 11.3 Å². The number of hydrogen-bond acceptors (Lipinski definition) is 17. The van der Waals surface area contributed by atoms with Gasteiger partial charge in [0.15, 0.2) is 22.3 Å². The van der Waals surface area contributed by atoms with Crippen molar-refractivity contribution in [3.63, 3.8) is 0 Å². The molecule has 0 N–H and O–H groups in total. The van der Waals surface area contributed by atoms with E-state index in [1.165, 1.54) is 23.5 Å². The zero-order valence-corrected chi connectivity index (χ0v) is 46.7. The van der Waals surface area contributed by atoms with Crippen LogP contribution in [0.4, 0.5) is 0 Å². The van der Waals surface area contributed by atoms with E-state index in [0.717, 1.165) is 92.1 Å². The van der Waals surface area contributed by atoms with Crippen molar-refractivity contribution in [3.8, 4) is 45.3 Å². The summed E-state index contributed by atoms with van der Waals surface area (Å²) in [7, 11) is 0. The van der Waals surface area contributed by atoms with Crippen molar-refractivity contribution in [3.05, 3.63) is 115 Å². The van der Waals surface area contributed by atoms with Gasteiger partial charge in [0, 0.05) is 17.5 Å². The molecule has 0 amide bonds. The number of rotatable bonds is 29. The Morgan fingerprint density at radius 2 is 1.14 bits per heavy atom. The molecule has 80 heavy (non-hydrogen) atoms. The Morgan fingerprint density at radius 1 is 0.613 bits per heavy atom. The van der Waals surface area contributed by atoms with E-state index in [4.69, 9.17) is 57.1 Å². The van der Waals surface area contributed by atoms with Crippen molar-refractivity contribution < 1.29 is 71.3 Å². The lowest BCUT2D eigenvalue weighted by molar-refractivity contribution is -0.218. The van der Waals surface area contributed by atoms with Gasteiger partial charge in [-0.25, -0.2) is 14.6 Å². The van der Waals surface area contributed by atoms with E-state index in [2.05, 4.69) is 26.1 Å². The normalized spacial score (nSPS) is 16.8. The summed E-state index contributed by atoms with van der Waals surface area (Å²) in [5.74, 6) is 2.47. The maximum absolute atomic E-state index is 13.9. The molecule has 2 aliphatic rings. The van der Waals surface area contributed by atoms with Crippen LogP contribution in [0.15, 0.2) is 109 Å². The Balaban J connectivity index is 0.00000457. The first-order chi connectivity index (χ1) is 39.0. The van der Waals surface area contributed by atoms with Crippen LogP contribution in [-0.4, -0.2) is 74.8 Å². The van der Waals surface area contributed by atoms with Crippen LogP contribution in [0.25, 0.3) is 32.0 Å². The molecular formula is C63H73NO15S. The van der Waals surface area contributed by atoms with Gasteiger partial charge in [-0.2, -0.15) is 4.89 Å². The highest BCUT2D eigenvalue weighted by molar-refractivity contribution is 7.22. The molecule has 16 nitrogen and oxygen atoms in total. The molecule has 2 saturated carbocycles. The Kier molecular flexibility index (Phi) is 23.6. The Morgan fingerprint density at radius 3 is 1.73 bits per heavy atom. The third-order valence-electron chi connectivity index (χ3n) is 14.1. The molecule has 0 radical (unpaired) electrons. The van der Waals surface area contributed by atoms with E-state index in [-0.39, 0.29) is 35.8 Å². The molecule has 2 aliphatic carbocycles. The number of fused-ring (bicyclic) bond motifs is 2. The highest BCUT2D eigenvalue weighted by Gasteiger charge is 2.32. The largest absolute Gasteiger partial charge is 0.494 e. The van der Waals surface area contributed by atoms with Gasteiger partial charge in [-0.05, 0) is 206 Å². The SMILES string of the molecule is C=CC(=O)OCCCCCCOc1ccc(OOCC2CCC(C(=O)Oc3ccc(OC4CCC(C(=O)Oc5ccc(OCCCCCCOC(=O)C=C)cc5)CC4)c4nc(-c5cc6c(C)cc(C)cc6o5)sc34)CC2)cc1.C=O. The summed E-state index contributed by atoms with van der Waals surface area (Å²) < 4.78 is 47.5. The fraction of sp³-hybridized carbons (Fsp3) is 0.429. The summed E-state index contributed by atoms with van der Waals surface area (Å²) in [6.07, 6.45) is 14.8. The summed E-state index contributed by atoms with van der Waals surface area (Å²) in [6, 6.07) is 24.2. The van der Waals surface area contributed by atoms with Crippen LogP contribution in [0.1, 0.15) is 114 Å². The van der Waals surface area contributed by atoms with Crippen molar-refractivity contribution in [1.82, 2.24) is 4.98 Å². The number of ether oxygens (including phenoxy) is 7. The number of aryl methyl sites for hydroxylation is 2. The molecule has 0 bridgehead atoms. The minimum absolute atomic E-state index is 0.162. The number of carbonyl (C=O) groups is 5. The molecule has 426 valence electrons. The number of furan rings is 1. The topological polar surface area (TPSA) is 194 Å². The van der Waals surface area contributed by atoms with Gasteiger partial charge in [-0.1, -0.05) is 19.2 Å². The first kappa shape index (κ1) is 60.1. The van der Waals surface area contributed by atoms with E-state index in [0.29, 0.717) is 121 Å². The lowest BCUT2D eigenvalue weighted by Gasteiger charge is -2.28. The number of hydrogen-bond donors (Lipinski definition) is 0. The van der Waals surface area contributed by atoms with Gasteiger partial charge < -0.3 is 47.3 Å². The molecule has 0 saturated heterocycles. The lowest BCUT2D eigenvalue weighted by atomic mass is 9.82. The summed E-state index contributed by atoms with van der Waals surface area (Å²) in [5, 5.41) is 1.66. The number of nitrogens with zero attached hydrogens (tertiary/aromatic N) is 1. The predicted molar refractivity (Wildman–Crippen MR) is 304 cm³/mol. The fourth-order valence-electron chi connectivity index (χ4n) is 9.74. The van der Waals surface area contributed by atoms with Crippen LogP contribution < -0.4 is 28.6 Å². The summed E-state index contributed by atoms with van der Waals surface area (Å²) in [6.45, 7) is 15.2. The van der Waals surface area contributed by atoms with Crippen LogP contribution in [0.5, 0.6) is 34.5 Å². The maximum Gasteiger partial charge on any atom is 0.330 e. The predicted octanol–water partition coefficient (Wildman–Crippen LogP) is 13.7. The zero-order valence-electron chi connectivity index (χ0n) is 45.9. The van der Waals surface area contributed by atoms with E-state index in [1.807, 2.05) is 56.2 Å². The third-order valence-corrected chi connectivity index (χ3v) is 15.2. The van der Waals surface area contributed by atoms with Crippen LogP contribution in [0, 0.1) is 31.6 Å². The Hall–Kier alpha value is -7.50. The molecule has 0 atom stereocenters. The highest BCUT2D eigenvalue weighted by Crippen LogP contribution is 2.44. The minimum atomic E-state index is -0.400. The van der Waals surface area contributed by atoms with Gasteiger partial charge in [0.1, 0.15) is 45.6 Å². The molecule has 2 fully saturated rings. The van der Waals surface area contributed by atoms with Crippen molar-refractivity contribution >= 4 is 63.2 Å². The molecule has 8 rings (SSSR count). The number of carbonyl (C=O) groups excluding carboxylic acids is 5. The van der Waals surface area contributed by atoms with Gasteiger partial charge in [0.2, 0.25) is 0 Å². The first-order valence-electron chi connectivity index (χ1n) is 27.7. The quantitative estimate of drug-likeness (QED) is 0.0107. The summed E-state index contributed by atoms with van der Waals surface area (Å²) in [4.78, 5) is 73.8. The number of esters is 4. The smallest absolute Gasteiger partial charge is 0.330 e. The zero-order chi connectivity index (χ0) is 56.6. The number of thiazole rings is 1. The van der Waals surface area contributed by atoms with Gasteiger partial charge in [0.25, 0.3) is 0 Å². The lowest BCUT2D eigenvalue weighted by Crippen LogP contribution is -2.30. The first-order valence-corrected chi connectivity index (χ1v) is 28.5. The fourth-order valence-corrected chi connectivity index (χ4v) is 10.7. The van der Waals surface area contributed by atoms with Crippen molar-refractivity contribution in [2.24, 2.45) is 17.8 Å². The van der Waals surface area contributed by atoms with Crippen LogP contribution in [0.2, 0.25) is 0 Å². The van der Waals surface area contributed by atoms with Gasteiger partial charge >= 0.3 is 23.9 Å². The van der Waals surface area contributed by atoms with Crippen molar-refractivity contribution in [1.29, 1.82) is 0 Å². The van der Waals surface area contributed by atoms with Crippen LogP contribution in [-0.2, 0) is 38.3 Å². The molecule has 4 aromatic carbocycles. The Labute approximate surface area is 471 Å². The molecule has 0 unspecified atom stereocenters. The highest BCUT2D eigenvalue weighted by atomic mass is 32.1. The van der Waals surface area contributed by atoms with Crippen LogP contribution >= 0.6 is 11.3 Å². The number of unbranched alkanes of at least 4 members (excludes halogenated alkanes) is 6. The average molecular weight is 1120 g/mol. The molecule has 0 spiro atoms. The summed E-state index contributed by atoms with van der Waals surface area (Å²) in [5.41, 5.74) is 3.58.